The Morgan fingerprint density at radius 1 is 1.36 bits per heavy atom. The van der Waals surface area contributed by atoms with Crippen molar-refractivity contribution in [2.24, 2.45) is 17.6 Å². The van der Waals surface area contributed by atoms with Gasteiger partial charge in [-0.2, -0.15) is 0 Å². The van der Waals surface area contributed by atoms with Gasteiger partial charge in [-0.25, -0.2) is 4.79 Å². The van der Waals surface area contributed by atoms with Crippen LogP contribution in [0.15, 0.2) is 0 Å². The Morgan fingerprint density at radius 2 is 2.09 bits per heavy atom. The summed E-state index contributed by atoms with van der Waals surface area (Å²) in [4.78, 5) is 35.6. The average Bonchev–Trinajstić information content (AvgIpc) is 2.86. The van der Waals surface area contributed by atoms with Crippen LogP contribution in [-0.4, -0.2) is 43.5 Å². The maximum atomic E-state index is 12.2. The number of carbonyl (C=O) groups is 3. The molecule has 2 fully saturated rings. The molecular weight excluding hydrogens is 286 g/mol. The molecule has 124 valence electrons. The van der Waals surface area contributed by atoms with Gasteiger partial charge < -0.3 is 21.1 Å². The number of methoxy groups -OCH3 is 1. The topological polar surface area (TPSA) is 111 Å². The molecule has 1 aliphatic heterocycles. The van der Waals surface area contributed by atoms with Crippen LogP contribution in [-0.2, 0) is 19.1 Å². The second-order valence-corrected chi connectivity index (χ2v) is 6.24. The third-order valence-corrected chi connectivity index (χ3v) is 4.63. The summed E-state index contributed by atoms with van der Waals surface area (Å²) < 4.78 is 4.73. The van der Waals surface area contributed by atoms with Crippen LogP contribution in [0.1, 0.15) is 38.5 Å². The Bertz CT molecular complexity index is 437. The zero-order chi connectivity index (χ0) is 16.1. The molecule has 1 saturated carbocycles. The van der Waals surface area contributed by atoms with Gasteiger partial charge in [-0.3, -0.25) is 9.59 Å². The van der Waals surface area contributed by atoms with Gasteiger partial charge in [0.1, 0.15) is 6.04 Å². The predicted octanol–water partition coefficient (Wildman–Crippen LogP) is -0.312. The van der Waals surface area contributed by atoms with Crippen molar-refractivity contribution in [2.45, 2.75) is 50.6 Å². The molecule has 1 heterocycles. The standard InChI is InChI=1S/C15H25N3O4/c1-22-15(21)12(8-10-5-6-17-13(10)19)18-14(20)11(16)7-9-3-2-4-9/h9-12H,2-8,16H2,1H3,(H,17,19)(H,18,20)/t10-,11-,12-/m0/s1. The highest BCUT2D eigenvalue weighted by Crippen LogP contribution is 2.30. The zero-order valence-electron chi connectivity index (χ0n) is 13.0. The van der Waals surface area contributed by atoms with Gasteiger partial charge in [0, 0.05) is 12.5 Å². The van der Waals surface area contributed by atoms with E-state index < -0.39 is 18.1 Å². The number of carbonyl (C=O) groups excluding carboxylic acids is 3. The molecule has 2 aliphatic rings. The van der Waals surface area contributed by atoms with E-state index >= 15 is 0 Å². The number of esters is 1. The Balaban J connectivity index is 1.88. The van der Waals surface area contributed by atoms with Gasteiger partial charge in [-0.1, -0.05) is 19.3 Å². The highest BCUT2D eigenvalue weighted by molar-refractivity contribution is 5.88. The lowest BCUT2D eigenvalue weighted by atomic mass is 9.81. The maximum absolute atomic E-state index is 12.2. The summed E-state index contributed by atoms with van der Waals surface area (Å²) in [5, 5.41) is 5.37. The minimum Gasteiger partial charge on any atom is -0.467 e. The first-order valence-electron chi connectivity index (χ1n) is 7.92. The molecule has 0 spiro atoms. The lowest BCUT2D eigenvalue weighted by Gasteiger charge is -2.28. The molecule has 7 nitrogen and oxygen atoms in total. The van der Waals surface area contributed by atoms with E-state index in [0.717, 1.165) is 12.8 Å². The van der Waals surface area contributed by atoms with Crippen molar-refractivity contribution < 1.29 is 19.1 Å². The van der Waals surface area contributed by atoms with Crippen LogP contribution in [0.5, 0.6) is 0 Å². The Labute approximate surface area is 130 Å². The minimum absolute atomic E-state index is 0.0816. The van der Waals surface area contributed by atoms with E-state index in [2.05, 4.69) is 10.6 Å². The molecule has 1 aliphatic carbocycles. The molecule has 0 radical (unpaired) electrons. The smallest absolute Gasteiger partial charge is 0.328 e. The fraction of sp³-hybridized carbons (Fsp3) is 0.800. The Morgan fingerprint density at radius 3 is 2.59 bits per heavy atom. The van der Waals surface area contributed by atoms with Crippen molar-refractivity contribution in [3.05, 3.63) is 0 Å². The monoisotopic (exact) mass is 311 g/mol. The molecule has 2 amide bonds. The highest BCUT2D eigenvalue weighted by atomic mass is 16.5. The molecule has 0 aromatic heterocycles. The summed E-state index contributed by atoms with van der Waals surface area (Å²) in [5.41, 5.74) is 5.91. The van der Waals surface area contributed by atoms with Gasteiger partial charge in [-0.15, -0.1) is 0 Å². The van der Waals surface area contributed by atoms with E-state index in [0.29, 0.717) is 25.3 Å². The third kappa shape index (κ3) is 4.19. The van der Waals surface area contributed by atoms with Gasteiger partial charge in [0.15, 0.2) is 0 Å². The van der Waals surface area contributed by atoms with Gasteiger partial charge in [0.25, 0.3) is 0 Å². The molecule has 1 saturated heterocycles. The molecule has 0 bridgehead atoms. The summed E-state index contributed by atoms with van der Waals surface area (Å²) in [6.45, 7) is 0.604. The Kier molecular flexibility index (Phi) is 5.76. The first kappa shape index (κ1) is 16.7. The summed E-state index contributed by atoms with van der Waals surface area (Å²) in [5.74, 6) is -0.725. The van der Waals surface area contributed by atoms with Crippen molar-refractivity contribution in [2.75, 3.05) is 13.7 Å². The molecule has 2 rings (SSSR count). The summed E-state index contributed by atoms with van der Waals surface area (Å²) in [6.07, 6.45) is 4.98. The molecule has 0 aromatic carbocycles. The van der Waals surface area contributed by atoms with Crippen LogP contribution in [0.3, 0.4) is 0 Å². The van der Waals surface area contributed by atoms with E-state index in [1.165, 1.54) is 13.5 Å². The largest absolute Gasteiger partial charge is 0.467 e. The van der Waals surface area contributed by atoms with Crippen LogP contribution < -0.4 is 16.4 Å². The first-order valence-corrected chi connectivity index (χ1v) is 7.92. The van der Waals surface area contributed by atoms with Crippen LogP contribution in [0.25, 0.3) is 0 Å². The molecule has 22 heavy (non-hydrogen) atoms. The van der Waals surface area contributed by atoms with Crippen molar-refractivity contribution in [1.82, 2.24) is 10.6 Å². The second-order valence-electron chi connectivity index (χ2n) is 6.24. The first-order chi connectivity index (χ1) is 10.5. The lowest BCUT2D eigenvalue weighted by molar-refractivity contribution is -0.146. The van der Waals surface area contributed by atoms with Crippen LogP contribution in [0.4, 0.5) is 0 Å². The number of ether oxygens (including phenoxy) is 1. The third-order valence-electron chi connectivity index (χ3n) is 4.63. The van der Waals surface area contributed by atoms with Crippen LogP contribution >= 0.6 is 0 Å². The van der Waals surface area contributed by atoms with E-state index in [-0.39, 0.29) is 24.2 Å². The van der Waals surface area contributed by atoms with Crippen molar-refractivity contribution >= 4 is 17.8 Å². The second kappa shape index (κ2) is 7.58. The molecular formula is C15H25N3O4. The SMILES string of the molecule is COC(=O)[C@H](C[C@@H]1CCNC1=O)NC(=O)[C@@H](N)CC1CCC1. The average molecular weight is 311 g/mol. The predicted molar refractivity (Wildman–Crippen MR) is 79.6 cm³/mol. The lowest BCUT2D eigenvalue weighted by Crippen LogP contribution is -2.50. The zero-order valence-corrected chi connectivity index (χ0v) is 13.0. The van der Waals surface area contributed by atoms with Gasteiger partial charge in [-0.05, 0) is 25.2 Å². The number of nitrogens with one attached hydrogen (secondary N) is 2. The van der Waals surface area contributed by atoms with Crippen molar-refractivity contribution in [3.63, 3.8) is 0 Å². The maximum Gasteiger partial charge on any atom is 0.328 e. The highest BCUT2D eigenvalue weighted by Gasteiger charge is 2.33. The van der Waals surface area contributed by atoms with E-state index in [1.54, 1.807) is 0 Å². The van der Waals surface area contributed by atoms with Gasteiger partial charge in [0.2, 0.25) is 11.8 Å². The molecule has 0 aromatic rings. The molecule has 0 unspecified atom stereocenters. The van der Waals surface area contributed by atoms with E-state index in [1.807, 2.05) is 0 Å². The number of nitrogens with two attached hydrogens (primary N) is 1. The summed E-state index contributed by atoms with van der Waals surface area (Å²) in [6, 6.07) is -1.44. The Hall–Kier alpha value is -1.63. The molecule has 7 heteroatoms. The van der Waals surface area contributed by atoms with Gasteiger partial charge >= 0.3 is 5.97 Å². The summed E-state index contributed by atoms with van der Waals surface area (Å²) in [7, 11) is 1.27. The van der Waals surface area contributed by atoms with E-state index in [4.69, 9.17) is 10.5 Å². The number of rotatable bonds is 7. The normalized spacial score (nSPS) is 24.1. The number of hydrogen-bond acceptors (Lipinski definition) is 5. The van der Waals surface area contributed by atoms with Crippen LogP contribution in [0.2, 0.25) is 0 Å². The van der Waals surface area contributed by atoms with Gasteiger partial charge in [0.05, 0.1) is 13.2 Å². The molecule has 4 N–H and O–H groups in total. The summed E-state index contributed by atoms with van der Waals surface area (Å²) >= 11 is 0. The minimum atomic E-state index is -0.821. The van der Waals surface area contributed by atoms with Crippen molar-refractivity contribution in [3.8, 4) is 0 Å². The van der Waals surface area contributed by atoms with Crippen LogP contribution in [0, 0.1) is 11.8 Å². The number of hydrogen-bond donors (Lipinski definition) is 3. The molecule has 3 atom stereocenters. The quantitative estimate of drug-likeness (QED) is 0.559. The fourth-order valence-corrected chi connectivity index (χ4v) is 2.98. The number of amides is 2. The fourth-order valence-electron chi connectivity index (χ4n) is 2.98. The van der Waals surface area contributed by atoms with E-state index in [9.17, 15) is 14.4 Å². The van der Waals surface area contributed by atoms with Crippen molar-refractivity contribution in [1.29, 1.82) is 0 Å².